The molecule has 4 nitrogen and oxygen atoms in total. The number of ether oxygens (including phenoxy) is 2. The van der Waals surface area contributed by atoms with E-state index in [9.17, 15) is 4.79 Å². The third-order valence-corrected chi connectivity index (χ3v) is 3.19. The molecule has 1 amide bonds. The third kappa shape index (κ3) is 3.97. The summed E-state index contributed by atoms with van der Waals surface area (Å²) in [6.07, 6.45) is 0. The molecule has 0 saturated carbocycles. The van der Waals surface area contributed by atoms with Crippen molar-refractivity contribution in [2.45, 2.75) is 47.1 Å². The molecule has 4 heteroatoms. The Morgan fingerprint density at radius 2 is 1.95 bits per heavy atom. The van der Waals surface area contributed by atoms with E-state index in [1.54, 1.807) is 18.7 Å². The molecule has 0 aromatic heterocycles. The fraction of sp³-hybridized carbons (Fsp3) is 0.588. The zero-order valence-corrected chi connectivity index (χ0v) is 14.0. The highest BCUT2D eigenvalue weighted by atomic mass is 16.5. The van der Waals surface area contributed by atoms with Gasteiger partial charge in [0.15, 0.2) is 5.60 Å². The minimum Gasteiger partial charge on any atom is -0.476 e. The van der Waals surface area contributed by atoms with Gasteiger partial charge in [0.25, 0.3) is 5.91 Å². The van der Waals surface area contributed by atoms with E-state index >= 15 is 0 Å². The molecule has 0 fully saturated rings. The SMILES string of the molecule is CC.CCOCCN1C(=O)C(C)(C)Oc2ccc(C)cc21. The number of hydrogen-bond acceptors (Lipinski definition) is 3. The Labute approximate surface area is 128 Å². The van der Waals surface area contributed by atoms with Crippen molar-refractivity contribution >= 4 is 11.6 Å². The van der Waals surface area contributed by atoms with E-state index in [0.29, 0.717) is 19.8 Å². The highest BCUT2D eigenvalue weighted by molar-refractivity contribution is 6.02. The fourth-order valence-electron chi connectivity index (χ4n) is 2.20. The van der Waals surface area contributed by atoms with Gasteiger partial charge >= 0.3 is 0 Å². The van der Waals surface area contributed by atoms with Gasteiger partial charge in [-0.1, -0.05) is 19.9 Å². The highest BCUT2D eigenvalue weighted by Gasteiger charge is 2.40. The molecule has 0 spiro atoms. The lowest BCUT2D eigenvalue weighted by molar-refractivity contribution is -0.132. The largest absolute Gasteiger partial charge is 0.476 e. The first kappa shape index (κ1) is 17.5. The number of nitrogens with zero attached hydrogens (tertiary/aromatic N) is 1. The molecular weight excluding hydrogens is 266 g/mol. The zero-order chi connectivity index (χ0) is 16.0. The summed E-state index contributed by atoms with van der Waals surface area (Å²) in [7, 11) is 0. The van der Waals surface area contributed by atoms with E-state index in [0.717, 1.165) is 17.0 Å². The normalized spacial score (nSPS) is 15.7. The van der Waals surface area contributed by atoms with Crippen molar-refractivity contribution in [1.29, 1.82) is 0 Å². The van der Waals surface area contributed by atoms with Gasteiger partial charge in [-0.3, -0.25) is 4.79 Å². The van der Waals surface area contributed by atoms with Gasteiger partial charge in [-0.05, 0) is 45.4 Å². The van der Waals surface area contributed by atoms with E-state index in [1.807, 2.05) is 45.9 Å². The van der Waals surface area contributed by atoms with Crippen LogP contribution in [-0.2, 0) is 9.53 Å². The van der Waals surface area contributed by atoms with Gasteiger partial charge in [-0.2, -0.15) is 0 Å². The van der Waals surface area contributed by atoms with Gasteiger partial charge < -0.3 is 14.4 Å². The lowest BCUT2D eigenvalue weighted by atomic mass is 10.0. The number of carbonyl (C=O) groups is 1. The van der Waals surface area contributed by atoms with Crippen LogP contribution in [-0.4, -0.2) is 31.3 Å². The molecule has 0 saturated heterocycles. The molecule has 118 valence electrons. The second-order valence-electron chi connectivity index (χ2n) is 5.24. The summed E-state index contributed by atoms with van der Waals surface area (Å²) in [5.74, 6) is 0.733. The first-order valence-corrected chi connectivity index (χ1v) is 7.65. The Kier molecular flexibility index (Phi) is 6.21. The quantitative estimate of drug-likeness (QED) is 0.797. The molecule has 0 N–H and O–H groups in total. The lowest BCUT2D eigenvalue weighted by Crippen LogP contribution is -2.53. The third-order valence-electron chi connectivity index (χ3n) is 3.19. The van der Waals surface area contributed by atoms with Crippen molar-refractivity contribution in [2.75, 3.05) is 24.7 Å². The van der Waals surface area contributed by atoms with Crippen LogP contribution in [0.5, 0.6) is 5.75 Å². The summed E-state index contributed by atoms with van der Waals surface area (Å²) in [4.78, 5) is 14.2. The van der Waals surface area contributed by atoms with Crippen LogP contribution in [0.15, 0.2) is 18.2 Å². The van der Waals surface area contributed by atoms with Crippen LogP contribution in [0.3, 0.4) is 0 Å². The van der Waals surface area contributed by atoms with E-state index in [-0.39, 0.29) is 5.91 Å². The zero-order valence-electron chi connectivity index (χ0n) is 14.0. The van der Waals surface area contributed by atoms with Crippen molar-refractivity contribution in [3.63, 3.8) is 0 Å². The van der Waals surface area contributed by atoms with Crippen molar-refractivity contribution in [3.8, 4) is 5.75 Å². The van der Waals surface area contributed by atoms with Crippen LogP contribution in [0.4, 0.5) is 5.69 Å². The number of benzene rings is 1. The molecule has 0 aliphatic carbocycles. The van der Waals surface area contributed by atoms with Gasteiger partial charge in [-0.25, -0.2) is 0 Å². The predicted molar refractivity (Wildman–Crippen MR) is 86.1 cm³/mol. The molecule has 1 aliphatic rings. The molecule has 1 aromatic carbocycles. The summed E-state index contributed by atoms with van der Waals surface area (Å²) in [6.45, 7) is 13.3. The number of aryl methyl sites for hydroxylation is 1. The van der Waals surface area contributed by atoms with Crippen molar-refractivity contribution in [3.05, 3.63) is 23.8 Å². The van der Waals surface area contributed by atoms with Gasteiger partial charge in [0.05, 0.1) is 12.3 Å². The Morgan fingerprint density at radius 1 is 1.29 bits per heavy atom. The summed E-state index contributed by atoms with van der Waals surface area (Å²) in [6, 6.07) is 5.90. The van der Waals surface area contributed by atoms with Gasteiger partial charge in [0, 0.05) is 13.2 Å². The summed E-state index contributed by atoms with van der Waals surface area (Å²) >= 11 is 0. The minimum absolute atomic E-state index is 0.0229. The number of amides is 1. The smallest absolute Gasteiger partial charge is 0.270 e. The Hall–Kier alpha value is -1.55. The van der Waals surface area contributed by atoms with Crippen LogP contribution in [0.1, 0.15) is 40.2 Å². The van der Waals surface area contributed by atoms with Crippen LogP contribution < -0.4 is 9.64 Å². The standard InChI is InChI=1S/C15H21NO3.C2H6/c1-5-18-9-8-16-12-10-11(2)6-7-13(12)19-15(3,4)14(16)17;1-2/h6-7,10H,5,8-9H2,1-4H3;1-2H3. The van der Waals surface area contributed by atoms with Gasteiger partial charge in [-0.15, -0.1) is 0 Å². The second kappa shape index (κ2) is 7.46. The summed E-state index contributed by atoms with van der Waals surface area (Å²) in [5, 5.41) is 0. The molecule has 0 bridgehead atoms. The molecule has 0 radical (unpaired) electrons. The maximum Gasteiger partial charge on any atom is 0.270 e. The molecule has 21 heavy (non-hydrogen) atoms. The number of hydrogen-bond donors (Lipinski definition) is 0. The van der Waals surface area contributed by atoms with E-state index in [1.165, 1.54) is 0 Å². The van der Waals surface area contributed by atoms with E-state index in [2.05, 4.69) is 0 Å². The van der Waals surface area contributed by atoms with Crippen molar-refractivity contribution in [1.82, 2.24) is 0 Å². The topological polar surface area (TPSA) is 38.8 Å². The molecule has 0 unspecified atom stereocenters. The van der Waals surface area contributed by atoms with Gasteiger partial charge in [0.2, 0.25) is 0 Å². The fourth-order valence-corrected chi connectivity index (χ4v) is 2.20. The molecule has 1 aliphatic heterocycles. The van der Waals surface area contributed by atoms with Crippen molar-refractivity contribution < 1.29 is 14.3 Å². The average Bonchev–Trinajstić information content (AvgIpc) is 2.46. The first-order chi connectivity index (χ1) is 9.95. The summed E-state index contributed by atoms with van der Waals surface area (Å²) in [5.41, 5.74) is 1.12. The minimum atomic E-state index is -0.825. The van der Waals surface area contributed by atoms with Crippen LogP contribution in [0.25, 0.3) is 0 Å². The molecular formula is C17H27NO3. The highest BCUT2D eigenvalue weighted by Crippen LogP contribution is 2.38. The summed E-state index contributed by atoms with van der Waals surface area (Å²) < 4.78 is 11.2. The van der Waals surface area contributed by atoms with Gasteiger partial charge in [0.1, 0.15) is 5.75 Å². The maximum atomic E-state index is 12.5. The van der Waals surface area contributed by atoms with Crippen LogP contribution >= 0.6 is 0 Å². The molecule has 2 rings (SSSR count). The van der Waals surface area contributed by atoms with Crippen LogP contribution in [0, 0.1) is 6.92 Å². The second-order valence-corrected chi connectivity index (χ2v) is 5.24. The van der Waals surface area contributed by atoms with Crippen LogP contribution in [0.2, 0.25) is 0 Å². The molecule has 1 heterocycles. The maximum absolute atomic E-state index is 12.5. The predicted octanol–water partition coefficient (Wildman–Crippen LogP) is 3.56. The lowest BCUT2D eigenvalue weighted by Gasteiger charge is -2.38. The number of fused-ring (bicyclic) bond motifs is 1. The number of anilines is 1. The number of rotatable bonds is 4. The Bertz CT molecular complexity index is 483. The monoisotopic (exact) mass is 293 g/mol. The van der Waals surface area contributed by atoms with Crippen molar-refractivity contribution in [2.24, 2.45) is 0 Å². The van der Waals surface area contributed by atoms with E-state index in [4.69, 9.17) is 9.47 Å². The Balaban J connectivity index is 0.00000106. The average molecular weight is 293 g/mol. The number of carbonyl (C=O) groups excluding carboxylic acids is 1. The van der Waals surface area contributed by atoms with E-state index < -0.39 is 5.60 Å². The molecule has 0 atom stereocenters. The Morgan fingerprint density at radius 3 is 2.57 bits per heavy atom. The molecule has 1 aromatic rings. The first-order valence-electron chi connectivity index (χ1n) is 7.65.